The highest BCUT2D eigenvalue weighted by Crippen LogP contribution is 2.20. The maximum Gasteiger partial charge on any atom is 0.115 e. The van der Waals surface area contributed by atoms with Gasteiger partial charge in [-0.05, 0) is 30.2 Å². The summed E-state index contributed by atoms with van der Waals surface area (Å²) in [5.41, 5.74) is 3.11. The maximum atomic E-state index is 9.57. The number of nitrogens with zero attached hydrogens (tertiary/aromatic N) is 3. The quantitative estimate of drug-likeness (QED) is 0.790. The van der Waals surface area contributed by atoms with Gasteiger partial charge in [0.05, 0.1) is 11.7 Å². The molecule has 4 nitrogen and oxygen atoms in total. The van der Waals surface area contributed by atoms with Crippen molar-refractivity contribution < 1.29 is 5.11 Å². The van der Waals surface area contributed by atoms with Crippen LogP contribution < -0.4 is 0 Å². The molecule has 0 aliphatic heterocycles. The molecule has 0 radical (unpaired) electrons. The lowest BCUT2D eigenvalue weighted by Gasteiger charge is -2.08. The average molecular weight is 267 g/mol. The Balaban J connectivity index is 2.04. The molecule has 1 aromatic carbocycles. The molecule has 0 spiro atoms. The van der Waals surface area contributed by atoms with Crippen molar-refractivity contribution in [3.63, 3.8) is 0 Å². The van der Waals surface area contributed by atoms with Gasteiger partial charge in [-0.2, -0.15) is 0 Å². The first-order valence-corrected chi connectivity index (χ1v) is 6.85. The third-order valence-electron chi connectivity index (χ3n) is 3.35. The second-order valence-corrected chi connectivity index (χ2v) is 4.89. The number of fused-ring (bicyclic) bond motifs is 1. The molecule has 3 aromatic rings. The van der Waals surface area contributed by atoms with Crippen LogP contribution in [0.25, 0.3) is 11.0 Å². The normalized spacial score (nSPS) is 11.1. The van der Waals surface area contributed by atoms with Gasteiger partial charge in [-0.1, -0.05) is 19.1 Å². The number of aryl methyl sites for hydroxylation is 1. The lowest BCUT2D eigenvalue weighted by atomic mass is 10.1. The van der Waals surface area contributed by atoms with Gasteiger partial charge in [0.25, 0.3) is 0 Å². The Morgan fingerprint density at radius 2 is 2.15 bits per heavy atom. The van der Waals surface area contributed by atoms with E-state index in [1.165, 1.54) is 0 Å². The fourth-order valence-corrected chi connectivity index (χ4v) is 2.49. The molecule has 0 bridgehead atoms. The number of aromatic hydroxyl groups is 1. The van der Waals surface area contributed by atoms with Gasteiger partial charge in [-0.25, -0.2) is 4.98 Å². The molecule has 4 heteroatoms. The third-order valence-corrected chi connectivity index (χ3v) is 3.35. The highest BCUT2D eigenvalue weighted by molar-refractivity contribution is 5.74. The lowest BCUT2D eigenvalue weighted by Crippen LogP contribution is -2.04. The minimum absolute atomic E-state index is 0.294. The van der Waals surface area contributed by atoms with Crippen molar-refractivity contribution in [2.75, 3.05) is 0 Å². The Morgan fingerprint density at radius 3 is 2.95 bits per heavy atom. The van der Waals surface area contributed by atoms with Crippen molar-refractivity contribution in [3.05, 3.63) is 54.1 Å². The molecule has 0 unspecified atom stereocenters. The number of hydrogen-bond donors (Lipinski definition) is 1. The summed E-state index contributed by atoms with van der Waals surface area (Å²) in [5, 5.41) is 9.57. The number of phenolic OH excluding ortho intramolecular Hbond substituents is 1. The summed E-state index contributed by atoms with van der Waals surface area (Å²) in [6.45, 7) is 3.10. The van der Waals surface area contributed by atoms with Crippen molar-refractivity contribution in [1.29, 1.82) is 0 Å². The zero-order valence-electron chi connectivity index (χ0n) is 11.5. The molecular weight excluding hydrogens is 250 g/mol. The fourth-order valence-electron chi connectivity index (χ4n) is 2.49. The van der Waals surface area contributed by atoms with Crippen LogP contribution >= 0.6 is 0 Å². The van der Waals surface area contributed by atoms with E-state index in [0.29, 0.717) is 12.2 Å². The van der Waals surface area contributed by atoms with Gasteiger partial charge in [0, 0.05) is 19.2 Å². The topological polar surface area (TPSA) is 50.9 Å². The van der Waals surface area contributed by atoms with Crippen molar-refractivity contribution in [1.82, 2.24) is 14.5 Å². The van der Waals surface area contributed by atoms with Crippen LogP contribution in [0.15, 0.2) is 42.7 Å². The monoisotopic (exact) mass is 267 g/mol. The number of rotatable bonds is 4. The van der Waals surface area contributed by atoms with E-state index in [4.69, 9.17) is 0 Å². The summed E-state index contributed by atoms with van der Waals surface area (Å²) >= 11 is 0. The molecule has 102 valence electrons. The number of pyridine rings is 1. The molecule has 2 heterocycles. The van der Waals surface area contributed by atoms with E-state index in [1.807, 2.05) is 18.2 Å². The SMILES string of the molecule is CCCn1c(Cc2cccc(O)c2)nc2cnccc21. The maximum absolute atomic E-state index is 9.57. The summed E-state index contributed by atoms with van der Waals surface area (Å²) in [7, 11) is 0. The number of benzene rings is 1. The van der Waals surface area contributed by atoms with Gasteiger partial charge >= 0.3 is 0 Å². The third kappa shape index (κ3) is 2.37. The molecule has 0 aliphatic rings. The van der Waals surface area contributed by atoms with Crippen LogP contribution in [0.3, 0.4) is 0 Å². The molecule has 20 heavy (non-hydrogen) atoms. The first-order chi connectivity index (χ1) is 9.78. The van der Waals surface area contributed by atoms with E-state index < -0.39 is 0 Å². The van der Waals surface area contributed by atoms with E-state index in [-0.39, 0.29) is 0 Å². The summed E-state index contributed by atoms with van der Waals surface area (Å²) in [6, 6.07) is 9.34. The number of hydrogen-bond acceptors (Lipinski definition) is 3. The van der Waals surface area contributed by atoms with Gasteiger partial charge in [-0.15, -0.1) is 0 Å². The van der Waals surface area contributed by atoms with Crippen LogP contribution in [0.4, 0.5) is 0 Å². The predicted molar refractivity (Wildman–Crippen MR) is 78.7 cm³/mol. The summed E-state index contributed by atoms with van der Waals surface area (Å²) in [4.78, 5) is 8.81. The van der Waals surface area contributed by atoms with Crippen LogP contribution in [-0.2, 0) is 13.0 Å². The first kappa shape index (κ1) is 12.7. The molecule has 1 N–H and O–H groups in total. The molecule has 2 aromatic heterocycles. The van der Waals surface area contributed by atoms with E-state index in [2.05, 4.69) is 21.5 Å². The Hall–Kier alpha value is -2.36. The fraction of sp³-hybridized carbons (Fsp3) is 0.250. The highest BCUT2D eigenvalue weighted by Gasteiger charge is 2.10. The van der Waals surface area contributed by atoms with Gasteiger partial charge in [0.15, 0.2) is 0 Å². The van der Waals surface area contributed by atoms with Crippen LogP contribution in [0.5, 0.6) is 5.75 Å². The molecular formula is C16H17N3O. The summed E-state index contributed by atoms with van der Waals surface area (Å²) in [5.74, 6) is 1.31. The molecule has 0 aliphatic carbocycles. The Labute approximate surface area is 117 Å². The second kappa shape index (κ2) is 5.33. The summed E-state index contributed by atoms with van der Waals surface area (Å²) in [6.07, 6.45) is 5.37. The van der Waals surface area contributed by atoms with E-state index >= 15 is 0 Å². The minimum atomic E-state index is 0.294. The molecule has 3 rings (SSSR count). The standard InChI is InChI=1S/C16H17N3O/c1-2-8-19-15-6-7-17-11-14(15)18-16(19)10-12-4-3-5-13(20)9-12/h3-7,9,11,20H,2,8,10H2,1H3. The zero-order valence-corrected chi connectivity index (χ0v) is 11.5. The van der Waals surface area contributed by atoms with E-state index in [0.717, 1.165) is 35.4 Å². The van der Waals surface area contributed by atoms with E-state index in [1.54, 1.807) is 24.5 Å². The van der Waals surface area contributed by atoms with Gasteiger partial charge in [-0.3, -0.25) is 4.98 Å². The zero-order chi connectivity index (χ0) is 13.9. The molecule has 0 saturated carbocycles. The first-order valence-electron chi connectivity index (χ1n) is 6.85. The van der Waals surface area contributed by atoms with Crippen LogP contribution in [-0.4, -0.2) is 19.6 Å². The average Bonchev–Trinajstić information content (AvgIpc) is 2.77. The molecule has 0 atom stereocenters. The Kier molecular flexibility index (Phi) is 3.37. The second-order valence-electron chi connectivity index (χ2n) is 4.89. The highest BCUT2D eigenvalue weighted by atomic mass is 16.3. The predicted octanol–water partition coefficient (Wildman–Crippen LogP) is 3.14. The van der Waals surface area contributed by atoms with E-state index in [9.17, 15) is 5.11 Å². The van der Waals surface area contributed by atoms with Gasteiger partial charge in [0.1, 0.15) is 17.1 Å². The summed E-state index contributed by atoms with van der Waals surface area (Å²) < 4.78 is 2.24. The van der Waals surface area contributed by atoms with Crippen molar-refractivity contribution in [2.45, 2.75) is 26.3 Å². The lowest BCUT2D eigenvalue weighted by molar-refractivity contribution is 0.474. The smallest absolute Gasteiger partial charge is 0.115 e. The van der Waals surface area contributed by atoms with Crippen molar-refractivity contribution in [3.8, 4) is 5.75 Å². The number of imidazole rings is 1. The largest absolute Gasteiger partial charge is 0.508 e. The van der Waals surface area contributed by atoms with Gasteiger partial charge in [0.2, 0.25) is 0 Å². The van der Waals surface area contributed by atoms with Gasteiger partial charge < -0.3 is 9.67 Å². The Bertz CT molecular complexity index is 733. The minimum Gasteiger partial charge on any atom is -0.508 e. The Morgan fingerprint density at radius 1 is 1.25 bits per heavy atom. The molecule has 0 fully saturated rings. The molecule has 0 saturated heterocycles. The van der Waals surface area contributed by atoms with Crippen molar-refractivity contribution >= 4 is 11.0 Å². The van der Waals surface area contributed by atoms with Crippen LogP contribution in [0.2, 0.25) is 0 Å². The van der Waals surface area contributed by atoms with Crippen LogP contribution in [0, 0.1) is 0 Å². The molecule has 0 amide bonds. The number of aromatic nitrogens is 3. The van der Waals surface area contributed by atoms with Crippen LogP contribution in [0.1, 0.15) is 24.7 Å². The van der Waals surface area contributed by atoms with Crippen molar-refractivity contribution in [2.24, 2.45) is 0 Å². The number of phenols is 1.